The smallest absolute Gasteiger partial charge is 0.258 e. The molecular formula is C26H22FN3O2. The van der Waals surface area contributed by atoms with Gasteiger partial charge in [0.15, 0.2) is 0 Å². The maximum atomic E-state index is 13.4. The van der Waals surface area contributed by atoms with Crippen LogP contribution in [0.3, 0.4) is 0 Å². The Labute approximate surface area is 185 Å². The standard InChI is InChI=1S/C26H22FN3O2/c1-29-15-22(13-28-29)20-10-8-18(9-11-20)14-30-16-21-5-3-7-24(25(21)26(30)31)32-17-19-4-2-6-23(27)12-19/h2-13,15H,14,16-17H2,1H3. The number of carbonyl (C=O) groups excluding carboxylic acids is 1. The van der Waals surface area contributed by atoms with Gasteiger partial charge >= 0.3 is 0 Å². The molecule has 0 fully saturated rings. The van der Waals surface area contributed by atoms with Crippen molar-refractivity contribution in [3.8, 4) is 16.9 Å². The van der Waals surface area contributed by atoms with E-state index in [0.29, 0.717) is 24.4 Å². The number of hydrogen-bond donors (Lipinski definition) is 0. The lowest BCUT2D eigenvalue weighted by Gasteiger charge is -2.16. The van der Waals surface area contributed by atoms with Crippen LogP contribution in [-0.4, -0.2) is 20.6 Å². The second-order valence-electron chi connectivity index (χ2n) is 7.97. The lowest BCUT2D eigenvalue weighted by molar-refractivity contribution is 0.0763. The minimum absolute atomic E-state index is 0.0498. The average Bonchev–Trinajstić information content (AvgIpc) is 3.36. The Bertz CT molecular complexity index is 1280. The maximum Gasteiger partial charge on any atom is 0.258 e. The van der Waals surface area contributed by atoms with Gasteiger partial charge in [-0.2, -0.15) is 5.10 Å². The van der Waals surface area contributed by atoms with Crippen LogP contribution < -0.4 is 4.74 Å². The van der Waals surface area contributed by atoms with Crippen molar-refractivity contribution in [2.45, 2.75) is 19.7 Å². The molecule has 4 aromatic rings. The molecule has 5 nitrogen and oxygen atoms in total. The highest BCUT2D eigenvalue weighted by Gasteiger charge is 2.30. The van der Waals surface area contributed by atoms with Crippen LogP contribution >= 0.6 is 0 Å². The Morgan fingerprint density at radius 3 is 2.56 bits per heavy atom. The van der Waals surface area contributed by atoms with E-state index in [9.17, 15) is 9.18 Å². The number of rotatable bonds is 6. The normalized spacial score (nSPS) is 12.8. The van der Waals surface area contributed by atoms with Crippen molar-refractivity contribution >= 4 is 5.91 Å². The summed E-state index contributed by atoms with van der Waals surface area (Å²) in [7, 11) is 1.89. The molecule has 0 unspecified atom stereocenters. The summed E-state index contributed by atoms with van der Waals surface area (Å²) in [5.74, 6) is 0.179. The molecule has 3 aromatic carbocycles. The predicted molar refractivity (Wildman–Crippen MR) is 119 cm³/mol. The quantitative estimate of drug-likeness (QED) is 0.437. The number of halogens is 1. The summed E-state index contributed by atoms with van der Waals surface area (Å²) in [6.07, 6.45) is 3.81. The number of fused-ring (bicyclic) bond motifs is 1. The van der Waals surface area contributed by atoms with Gasteiger partial charge in [0.05, 0.1) is 11.8 Å². The van der Waals surface area contributed by atoms with Crippen molar-refractivity contribution in [3.63, 3.8) is 0 Å². The minimum atomic E-state index is -0.304. The fraction of sp³-hybridized carbons (Fsp3) is 0.154. The SMILES string of the molecule is Cn1cc(-c2ccc(CN3Cc4cccc(OCc5cccc(F)c5)c4C3=O)cc2)cn1. The van der Waals surface area contributed by atoms with Crippen LogP contribution in [0.1, 0.15) is 27.0 Å². The summed E-state index contributed by atoms with van der Waals surface area (Å²) in [5.41, 5.74) is 5.46. The molecular weight excluding hydrogens is 405 g/mol. The molecule has 0 atom stereocenters. The molecule has 0 bridgehead atoms. The van der Waals surface area contributed by atoms with Gasteiger partial charge in [0, 0.05) is 31.9 Å². The zero-order valence-corrected chi connectivity index (χ0v) is 17.7. The first-order chi connectivity index (χ1) is 15.6. The average molecular weight is 427 g/mol. The Hall–Kier alpha value is -3.93. The highest BCUT2D eigenvalue weighted by molar-refractivity contribution is 6.01. The van der Waals surface area contributed by atoms with E-state index in [-0.39, 0.29) is 18.3 Å². The molecule has 0 aliphatic carbocycles. The molecule has 2 heterocycles. The summed E-state index contributed by atoms with van der Waals surface area (Å²) < 4.78 is 21.1. The van der Waals surface area contributed by atoms with Gasteiger partial charge < -0.3 is 9.64 Å². The van der Waals surface area contributed by atoms with Crippen LogP contribution in [0.4, 0.5) is 4.39 Å². The summed E-state index contributed by atoms with van der Waals surface area (Å²) >= 11 is 0. The molecule has 160 valence electrons. The van der Waals surface area contributed by atoms with Gasteiger partial charge in [0.2, 0.25) is 0 Å². The molecule has 1 aliphatic rings. The number of benzene rings is 3. The minimum Gasteiger partial charge on any atom is -0.488 e. The lowest BCUT2D eigenvalue weighted by atomic mass is 10.1. The summed E-state index contributed by atoms with van der Waals surface area (Å²) in [4.78, 5) is 15.0. The van der Waals surface area contributed by atoms with Gasteiger partial charge in [-0.1, -0.05) is 48.5 Å². The van der Waals surface area contributed by atoms with Gasteiger partial charge in [-0.3, -0.25) is 9.48 Å². The van der Waals surface area contributed by atoms with Gasteiger partial charge in [0.25, 0.3) is 5.91 Å². The third kappa shape index (κ3) is 3.99. The number of ether oxygens (including phenoxy) is 1. The fourth-order valence-electron chi connectivity index (χ4n) is 4.02. The molecule has 0 saturated heterocycles. The molecule has 0 saturated carbocycles. The van der Waals surface area contributed by atoms with Crippen molar-refractivity contribution in [1.29, 1.82) is 0 Å². The van der Waals surface area contributed by atoms with E-state index in [4.69, 9.17) is 4.74 Å². The molecule has 6 heteroatoms. The lowest BCUT2D eigenvalue weighted by Crippen LogP contribution is -2.23. The summed E-state index contributed by atoms with van der Waals surface area (Å²) in [6, 6.07) is 20.1. The molecule has 0 radical (unpaired) electrons. The molecule has 0 spiro atoms. The number of hydrogen-bond acceptors (Lipinski definition) is 3. The van der Waals surface area contributed by atoms with E-state index < -0.39 is 0 Å². The highest BCUT2D eigenvalue weighted by Crippen LogP contribution is 2.32. The third-order valence-electron chi connectivity index (χ3n) is 5.62. The second-order valence-corrected chi connectivity index (χ2v) is 7.97. The van der Waals surface area contributed by atoms with Crippen LogP contribution in [0.2, 0.25) is 0 Å². The van der Waals surface area contributed by atoms with Crippen molar-refractivity contribution in [1.82, 2.24) is 14.7 Å². The Balaban J connectivity index is 1.29. The number of aromatic nitrogens is 2. The second kappa shape index (κ2) is 8.30. The Morgan fingerprint density at radius 2 is 1.81 bits per heavy atom. The largest absolute Gasteiger partial charge is 0.488 e. The summed E-state index contributed by atoms with van der Waals surface area (Å²) in [5, 5.41) is 4.21. The molecule has 1 aliphatic heterocycles. The van der Waals surface area contributed by atoms with Crippen molar-refractivity contribution in [3.05, 3.63) is 107 Å². The van der Waals surface area contributed by atoms with Crippen LogP contribution in [0.5, 0.6) is 5.75 Å². The van der Waals surface area contributed by atoms with E-state index in [1.165, 1.54) is 12.1 Å². The molecule has 0 N–H and O–H groups in total. The van der Waals surface area contributed by atoms with Crippen molar-refractivity contribution < 1.29 is 13.9 Å². The van der Waals surface area contributed by atoms with Crippen molar-refractivity contribution in [2.24, 2.45) is 7.05 Å². The van der Waals surface area contributed by atoms with E-state index in [1.54, 1.807) is 22.9 Å². The predicted octanol–water partition coefficient (Wildman–Crippen LogP) is 4.96. The maximum absolute atomic E-state index is 13.4. The van der Waals surface area contributed by atoms with Gasteiger partial charge in [-0.05, 0) is 40.5 Å². The monoisotopic (exact) mass is 427 g/mol. The molecule has 1 amide bonds. The van der Waals surface area contributed by atoms with E-state index in [1.807, 2.05) is 60.7 Å². The summed E-state index contributed by atoms with van der Waals surface area (Å²) in [6.45, 7) is 1.26. The first-order valence-electron chi connectivity index (χ1n) is 10.4. The first kappa shape index (κ1) is 20.0. The Kier molecular flexibility index (Phi) is 5.19. The van der Waals surface area contributed by atoms with E-state index in [2.05, 4.69) is 5.10 Å². The number of nitrogens with zero attached hydrogens (tertiary/aromatic N) is 3. The van der Waals surface area contributed by atoms with E-state index >= 15 is 0 Å². The zero-order chi connectivity index (χ0) is 22.1. The van der Waals surface area contributed by atoms with Gasteiger partial charge in [0.1, 0.15) is 18.2 Å². The molecule has 32 heavy (non-hydrogen) atoms. The fourth-order valence-corrected chi connectivity index (χ4v) is 4.02. The van der Waals surface area contributed by atoms with Crippen LogP contribution in [-0.2, 0) is 26.7 Å². The number of amides is 1. The zero-order valence-electron chi connectivity index (χ0n) is 17.7. The Morgan fingerprint density at radius 1 is 1.00 bits per heavy atom. The van der Waals surface area contributed by atoms with Crippen molar-refractivity contribution in [2.75, 3.05) is 0 Å². The topological polar surface area (TPSA) is 47.4 Å². The van der Waals surface area contributed by atoms with Crippen LogP contribution in [0, 0.1) is 5.82 Å². The third-order valence-corrected chi connectivity index (χ3v) is 5.62. The highest BCUT2D eigenvalue weighted by atomic mass is 19.1. The van der Waals surface area contributed by atoms with Gasteiger partial charge in [-0.15, -0.1) is 0 Å². The van der Waals surface area contributed by atoms with E-state index in [0.717, 1.165) is 27.8 Å². The first-order valence-corrected chi connectivity index (χ1v) is 10.4. The molecule has 1 aromatic heterocycles. The molecule has 5 rings (SSSR count). The van der Waals surface area contributed by atoms with Crippen LogP contribution in [0.15, 0.2) is 79.1 Å². The van der Waals surface area contributed by atoms with Crippen LogP contribution in [0.25, 0.3) is 11.1 Å². The number of carbonyl (C=O) groups is 1. The number of aryl methyl sites for hydroxylation is 1. The van der Waals surface area contributed by atoms with Gasteiger partial charge in [-0.25, -0.2) is 4.39 Å².